The molecule has 2 aromatic rings. The van der Waals surface area contributed by atoms with E-state index in [1.807, 2.05) is 32.2 Å². The summed E-state index contributed by atoms with van der Waals surface area (Å²) in [5.41, 5.74) is 2.56. The zero-order valence-electron chi connectivity index (χ0n) is 21.1. The standard InChI is InChI=1S/C23H31N5O2.C2HF3O2/c1-4-5-12-27(3)23(30)20-15-18(16-25-21(20)28-13-10-24-11-14-28)26-22(29)19-9-7-6-8-17(19)2;3-2(4,5)1(6)7/h6-9,15-16,24H,4-5,10-14H2,1-3H3,(H,26,29);(H,6,7). The molecule has 0 saturated carbocycles. The lowest BCUT2D eigenvalue weighted by Gasteiger charge is -2.30. The third-order valence-electron chi connectivity index (χ3n) is 5.60. The average molecular weight is 524 g/mol. The zero-order valence-corrected chi connectivity index (χ0v) is 21.1. The van der Waals surface area contributed by atoms with E-state index in [9.17, 15) is 22.8 Å². The number of hydrogen-bond donors (Lipinski definition) is 3. The molecule has 1 aliphatic heterocycles. The first-order chi connectivity index (χ1) is 17.5. The van der Waals surface area contributed by atoms with Gasteiger partial charge in [-0.2, -0.15) is 13.2 Å². The first kappa shape index (κ1) is 29.6. The predicted molar refractivity (Wildman–Crippen MR) is 134 cm³/mol. The highest BCUT2D eigenvalue weighted by Crippen LogP contribution is 2.24. The lowest BCUT2D eigenvalue weighted by molar-refractivity contribution is -0.192. The lowest BCUT2D eigenvalue weighted by atomic mass is 10.1. The van der Waals surface area contributed by atoms with E-state index in [1.165, 1.54) is 0 Å². The van der Waals surface area contributed by atoms with Crippen LogP contribution in [0.5, 0.6) is 0 Å². The van der Waals surface area contributed by atoms with Crippen LogP contribution in [0.25, 0.3) is 0 Å². The van der Waals surface area contributed by atoms with Crippen LogP contribution in [0.2, 0.25) is 0 Å². The molecule has 0 atom stereocenters. The van der Waals surface area contributed by atoms with E-state index < -0.39 is 12.1 Å². The molecule has 37 heavy (non-hydrogen) atoms. The van der Waals surface area contributed by atoms with Gasteiger partial charge in [0.1, 0.15) is 5.82 Å². The Hall–Kier alpha value is -3.67. The third-order valence-corrected chi connectivity index (χ3v) is 5.60. The van der Waals surface area contributed by atoms with Gasteiger partial charge >= 0.3 is 12.1 Å². The number of nitrogens with zero attached hydrogens (tertiary/aromatic N) is 3. The fourth-order valence-corrected chi connectivity index (χ4v) is 3.54. The first-order valence-corrected chi connectivity index (χ1v) is 11.8. The zero-order chi connectivity index (χ0) is 27.6. The molecule has 0 radical (unpaired) electrons. The van der Waals surface area contributed by atoms with Crippen LogP contribution in [0.3, 0.4) is 0 Å². The Kier molecular flexibility index (Phi) is 10.9. The Morgan fingerprint density at radius 1 is 1.16 bits per heavy atom. The fraction of sp³-hybridized carbons (Fsp3) is 0.440. The minimum absolute atomic E-state index is 0.0727. The Balaban J connectivity index is 0.000000604. The van der Waals surface area contributed by atoms with Crippen molar-refractivity contribution in [2.75, 3.05) is 50.0 Å². The summed E-state index contributed by atoms with van der Waals surface area (Å²) >= 11 is 0. The van der Waals surface area contributed by atoms with Gasteiger partial charge in [-0.1, -0.05) is 31.5 Å². The molecule has 2 amide bonds. The molecule has 1 saturated heterocycles. The van der Waals surface area contributed by atoms with Crippen molar-refractivity contribution < 1.29 is 32.7 Å². The van der Waals surface area contributed by atoms with E-state index in [4.69, 9.17) is 9.90 Å². The highest BCUT2D eigenvalue weighted by Gasteiger charge is 2.38. The van der Waals surface area contributed by atoms with Crippen molar-refractivity contribution in [1.82, 2.24) is 15.2 Å². The molecule has 1 aliphatic rings. The number of carbonyl (C=O) groups excluding carboxylic acids is 2. The first-order valence-electron chi connectivity index (χ1n) is 11.8. The number of pyridine rings is 1. The van der Waals surface area contributed by atoms with Gasteiger partial charge in [0.2, 0.25) is 0 Å². The number of unbranched alkanes of at least 4 members (excludes halogenated alkanes) is 1. The van der Waals surface area contributed by atoms with Gasteiger partial charge in [0.05, 0.1) is 17.4 Å². The van der Waals surface area contributed by atoms with E-state index in [1.54, 1.807) is 23.2 Å². The molecule has 1 aromatic carbocycles. The number of alkyl halides is 3. The monoisotopic (exact) mass is 523 g/mol. The topological polar surface area (TPSA) is 115 Å². The fourth-order valence-electron chi connectivity index (χ4n) is 3.54. The highest BCUT2D eigenvalue weighted by molar-refractivity contribution is 6.06. The van der Waals surface area contributed by atoms with Crippen LogP contribution in [-0.2, 0) is 4.79 Å². The van der Waals surface area contributed by atoms with Crippen LogP contribution in [0.15, 0.2) is 36.5 Å². The maximum Gasteiger partial charge on any atom is 0.490 e. The predicted octanol–water partition coefficient (Wildman–Crippen LogP) is 3.56. The molecular formula is C25H32F3N5O4. The summed E-state index contributed by atoms with van der Waals surface area (Å²) in [6.45, 7) is 7.99. The number of piperazine rings is 1. The Bertz CT molecular complexity index is 1090. The average Bonchev–Trinajstić information content (AvgIpc) is 2.87. The van der Waals surface area contributed by atoms with E-state index in [0.29, 0.717) is 29.2 Å². The van der Waals surface area contributed by atoms with E-state index in [-0.39, 0.29) is 11.8 Å². The van der Waals surface area contributed by atoms with Gasteiger partial charge < -0.3 is 25.5 Å². The number of carbonyl (C=O) groups is 3. The van der Waals surface area contributed by atoms with Gasteiger partial charge in [0.15, 0.2) is 0 Å². The molecule has 0 aliphatic carbocycles. The van der Waals surface area contributed by atoms with Crippen molar-refractivity contribution in [3.8, 4) is 0 Å². The largest absolute Gasteiger partial charge is 0.490 e. The molecule has 0 unspecified atom stereocenters. The summed E-state index contributed by atoms with van der Waals surface area (Å²) < 4.78 is 31.7. The number of rotatable bonds is 7. The van der Waals surface area contributed by atoms with E-state index in [0.717, 1.165) is 44.6 Å². The van der Waals surface area contributed by atoms with E-state index in [2.05, 4.69) is 27.4 Å². The molecule has 3 N–H and O–H groups in total. The Labute approximate surface area is 213 Å². The number of benzene rings is 1. The number of aromatic nitrogens is 1. The number of nitrogens with one attached hydrogen (secondary N) is 2. The van der Waals surface area contributed by atoms with Crippen LogP contribution < -0.4 is 15.5 Å². The van der Waals surface area contributed by atoms with Gasteiger partial charge in [0.25, 0.3) is 11.8 Å². The number of halogens is 3. The molecule has 3 rings (SSSR count). The lowest BCUT2D eigenvalue weighted by Crippen LogP contribution is -2.45. The quantitative estimate of drug-likeness (QED) is 0.508. The molecule has 202 valence electrons. The van der Waals surface area contributed by atoms with Crippen LogP contribution in [0.1, 0.15) is 46.0 Å². The molecule has 12 heteroatoms. The van der Waals surface area contributed by atoms with Gasteiger partial charge in [0, 0.05) is 45.3 Å². The van der Waals surface area contributed by atoms with Crippen molar-refractivity contribution >= 4 is 29.3 Å². The molecular weight excluding hydrogens is 491 g/mol. The third kappa shape index (κ3) is 8.74. The second-order valence-corrected chi connectivity index (χ2v) is 8.48. The number of amides is 2. The number of anilines is 2. The summed E-state index contributed by atoms with van der Waals surface area (Å²) in [5, 5.41) is 13.4. The number of hydrogen-bond acceptors (Lipinski definition) is 6. The van der Waals surface area contributed by atoms with E-state index >= 15 is 0 Å². The minimum Gasteiger partial charge on any atom is -0.475 e. The molecule has 1 fully saturated rings. The second kappa shape index (κ2) is 13.6. The summed E-state index contributed by atoms with van der Waals surface area (Å²) in [4.78, 5) is 43.3. The number of aryl methyl sites for hydroxylation is 1. The van der Waals surface area contributed by atoms with Crippen LogP contribution >= 0.6 is 0 Å². The normalized spacial score (nSPS) is 13.3. The number of aliphatic carboxylic acids is 1. The maximum atomic E-state index is 13.2. The smallest absolute Gasteiger partial charge is 0.475 e. The van der Waals surface area contributed by atoms with Gasteiger partial charge in [-0.3, -0.25) is 9.59 Å². The van der Waals surface area contributed by atoms with Crippen LogP contribution in [0.4, 0.5) is 24.7 Å². The molecule has 0 spiro atoms. The maximum absolute atomic E-state index is 13.2. The summed E-state index contributed by atoms with van der Waals surface area (Å²) in [6, 6.07) is 9.19. The molecule has 0 bridgehead atoms. The summed E-state index contributed by atoms with van der Waals surface area (Å²) in [7, 11) is 1.82. The number of carboxylic acid groups (broad SMARTS) is 1. The van der Waals surface area contributed by atoms with Crippen molar-refractivity contribution in [2.45, 2.75) is 32.9 Å². The molecule has 2 heterocycles. The van der Waals surface area contributed by atoms with Crippen molar-refractivity contribution in [1.29, 1.82) is 0 Å². The van der Waals surface area contributed by atoms with Crippen molar-refractivity contribution in [3.05, 3.63) is 53.2 Å². The Morgan fingerprint density at radius 3 is 2.35 bits per heavy atom. The van der Waals surface area contributed by atoms with Crippen LogP contribution in [-0.4, -0.2) is 78.7 Å². The Morgan fingerprint density at radius 2 is 1.78 bits per heavy atom. The van der Waals surface area contributed by atoms with Gasteiger partial charge in [-0.05, 0) is 31.0 Å². The minimum atomic E-state index is -5.08. The summed E-state index contributed by atoms with van der Waals surface area (Å²) in [6.07, 6.45) is -1.48. The summed E-state index contributed by atoms with van der Waals surface area (Å²) in [5.74, 6) is -2.36. The second-order valence-electron chi connectivity index (χ2n) is 8.48. The van der Waals surface area contributed by atoms with Gasteiger partial charge in [-0.25, -0.2) is 9.78 Å². The van der Waals surface area contributed by atoms with Gasteiger partial charge in [-0.15, -0.1) is 0 Å². The SMILES string of the molecule is CCCCN(C)C(=O)c1cc(NC(=O)c2ccccc2C)cnc1N1CCNCC1.O=C(O)C(F)(F)F. The highest BCUT2D eigenvalue weighted by atomic mass is 19.4. The molecule has 9 nitrogen and oxygen atoms in total. The molecule has 1 aromatic heterocycles. The number of carboxylic acids is 1. The van der Waals surface area contributed by atoms with Crippen molar-refractivity contribution in [2.24, 2.45) is 0 Å². The van der Waals surface area contributed by atoms with Crippen LogP contribution in [0, 0.1) is 6.92 Å². The van der Waals surface area contributed by atoms with Crippen molar-refractivity contribution in [3.63, 3.8) is 0 Å².